The summed E-state index contributed by atoms with van der Waals surface area (Å²) in [6, 6.07) is 14.4. The molecule has 6 nitrogen and oxygen atoms in total. The maximum absolute atomic E-state index is 12.7. The van der Waals surface area contributed by atoms with Crippen LogP contribution in [0.4, 0.5) is 5.69 Å². The van der Waals surface area contributed by atoms with E-state index < -0.39 is 7.82 Å². The smallest absolute Gasteiger partial charge is 0.403 e. The minimum absolute atomic E-state index is 0.158. The van der Waals surface area contributed by atoms with Gasteiger partial charge in [-0.05, 0) is 49.8 Å². The van der Waals surface area contributed by atoms with Crippen LogP contribution in [-0.4, -0.2) is 33.1 Å². The summed E-state index contributed by atoms with van der Waals surface area (Å²) in [5, 5.41) is 0. The third-order valence-electron chi connectivity index (χ3n) is 3.77. The maximum Gasteiger partial charge on any atom is 0.530 e. The summed E-state index contributed by atoms with van der Waals surface area (Å²) < 4.78 is 28.4. The zero-order valence-electron chi connectivity index (χ0n) is 16.6. The zero-order chi connectivity index (χ0) is 20.6. The van der Waals surface area contributed by atoms with Crippen molar-refractivity contribution in [3.63, 3.8) is 0 Å². The van der Waals surface area contributed by atoms with Crippen LogP contribution in [0.3, 0.4) is 0 Å². The second-order valence-corrected chi connectivity index (χ2v) is 7.65. The van der Waals surface area contributed by atoms with Crippen LogP contribution in [0.2, 0.25) is 0 Å². The van der Waals surface area contributed by atoms with Gasteiger partial charge >= 0.3 is 7.82 Å². The molecule has 150 valence electrons. The van der Waals surface area contributed by atoms with Gasteiger partial charge in [0.1, 0.15) is 5.75 Å². The van der Waals surface area contributed by atoms with Gasteiger partial charge in [-0.15, -0.1) is 0 Å². The molecule has 0 fully saturated rings. The largest absolute Gasteiger partial charge is 0.530 e. The lowest BCUT2D eigenvalue weighted by Gasteiger charge is -2.18. The molecule has 0 radical (unpaired) electrons. The first-order valence-corrected chi connectivity index (χ1v) is 10.5. The summed E-state index contributed by atoms with van der Waals surface area (Å²) in [7, 11) is 0.153. The number of ketones is 1. The van der Waals surface area contributed by atoms with Crippen molar-refractivity contribution in [2.75, 3.05) is 32.2 Å². The first-order valence-electron chi connectivity index (χ1n) is 9.06. The molecular formula is C21H26NO5P. The summed E-state index contributed by atoms with van der Waals surface area (Å²) in [6.07, 6.45) is 3.18. The Bertz CT molecular complexity index is 851. The molecule has 0 bridgehead atoms. The molecular weight excluding hydrogens is 377 g/mol. The highest BCUT2D eigenvalue weighted by Gasteiger charge is 2.29. The SMILES string of the molecule is CCOP(=O)(OCC)Oc1ccccc1C(=O)/C=C/c1ccc(N(C)C)cc1. The lowest BCUT2D eigenvalue weighted by atomic mass is 10.1. The van der Waals surface area contributed by atoms with Crippen LogP contribution in [0.15, 0.2) is 54.6 Å². The average Bonchev–Trinajstić information content (AvgIpc) is 2.67. The van der Waals surface area contributed by atoms with E-state index in [1.165, 1.54) is 6.08 Å². The van der Waals surface area contributed by atoms with Crippen molar-refractivity contribution in [2.45, 2.75) is 13.8 Å². The number of benzene rings is 2. The summed E-state index contributed by atoms with van der Waals surface area (Å²) >= 11 is 0. The minimum Gasteiger partial charge on any atom is -0.403 e. The predicted molar refractivity (Wildman–Crippen MR) is 112 cm³/mol. The van der Waals surface area contributed by atoms with Gasteiger partial charge in [0.25, 0.3) is 0 Å². The maximum atomic E-state index is 12.7. The first kappa shape index (κ1) is 21.9. The quantitative estimate of drug-likeness (QED) is 0.308. The van der Waals surface area contributed by atoms with E-state index in [2.05, 4.69) is 0 Å². The van der Waals surface area contributed by atoms with E-state index in [-0.39, 0.29) is 30.3 Å². The number of hydrogen-bond donors (Lipinski definition) is 0. The zero-order valence-corrected chi connectivity index (χ0v) is 17.5. The van der Waals surface area contributed by atoms with E-state index in [1.54, 1.807) is 44.2 Å². The molecule has 7 heteroatoms. The normalized spacial score (nSPS) is 11.6. The average molecular weight is 403 g/mol. The molecule has 0 spiro atoms. The predicted octanol–water partition coefficient (Wildman–Crippen LogP) is 5.21. The number of carbonyl (C=O) groups excluding carboxylic acids is 1. The fourth-order valence-corrected chi connectivity index (χ4v) is 3.63. The Labute approximate surface area is 166 Å². The topological polar surface area (TPSA) is 65.1 Å². The van der Waals surface area contributed by atoms with Crippen molar-refractivity contribution in [3.05, 3.63) is 65.7 Å². The van der Waals surface area contributed by atoms with Crippen LogP contribution in [0, 0.1) is 0 Å². The molecule has 28 heavy (non-hydrogen) atoms. The second kappa shape index (κ2) is 10.2. The fourth-order valence-electron chi connectivity index (χ4n) is 2.42. The number of para-hydroxylation sites is 1. The molecule has 0 saturated carbocycles. The third-order valence-corrected chi connectivity index (χ3v) is 5.34. The number of allylic oxidation sites excluding steroid dienone is 1. The number of rotatable bonds is 10. The van der Waals surface area contributed by atoms with Crippen LogP contribution in [-0.2, 0) is 13.6 Å². The third kappa shape index (κ3) is 6.06. The van der Waals surface area contributed by atoms with Gasteiger partial charge in [-0.25, -0.2) is 4.57 Å². The number of carbonyl (C=O) groups is 1. The summed E-state index contributed by atoms with van der Waals surface area (Å²) in [5.41, 5.74) is 2.25. The Morgan fingerprint density at radius 1 is 1.00 bits per heavy atom. The van der Waals surface area contributed by atoms with Gasteiger partial charge in [0, 0.05) is 19.8 Å². The van der Waals surface area contributed by atoms with Crippen molar-refractivity contribution in [1.82, 2.24) is 0 Å². The summed E-state index contributed by atoms with van der Waals surface area (Å²) in [6.45, 7) is 3.71. The molecule has 2 aromatic carbocycles. The van der Waals surface area contributed by atoms with Crippen LogP contribution in [0.25, 0.3) is 6.08 Å². The number of nitrogens with zero attached hydrogens (tertiary/aromatic N) is 1. The van der Waals surface area contributed by atoms with Crippen molar-refractivity contribution in [3.8, 4) is 5.75 Å². The highest BCUT2D eigenvalue weighted by Crippen LogP contribution is 2.50. The molecule has 0 atom stereocenters. The van der Waals surface area contributed by atoms with Crippen LogP contribution < -0.4 is 9.42 Å². The molecule has 0 aromatic heterocycles. The highest BCUT2D eigenvalue weighted by molar-refractivity contribution is 7.48. The van der Waals surface area contributed by atoms with Gasteiger partial charge in [0.2, 0.25) is 0 Å². The van der Waals surface area contributed by atoms with E-state index in [0.717, 1.165) is 11.3 Å². The second-order valence-electron chi connectivity index (χ2n) is 6.05. The van der Waals surface area contributed by atoms with Gasteiger partial charge in [0.05, 0.1) is 18.8 Å². The van der Waals surface area contributed by atoms with Crippen molar-refractivity contribution < 1.29 is 22.9 Å². The van der Waals surface area contributed by atoms with Gasteiger partial charge in [-0.2, -0.15) is 0 Å². The van der Waals surface area contributed by atoms with E-state index in [1.807, 2.05) is 43.3 Å². The van der Waals surface area contributed by atoms with Gasteiger partial charge in [0.15, 0.2) is 5.78 Å². The molecule has 2 rings (SSSR count). The van der Waals surface area contributed by atoms with Crippen molar-refractivity contribution in [1.29, 1.82) is 0 Å². The Kier molecular flexibility index (Phi) is 8.00. The number of phosphoric acid groups is 1. The number of anilines is 1. The summed E-state index contributed by atoms with van der Waals surface area (Å²) in [5.74, 6) is -0.114. The van der Waals surface area contributed by atoms with Crippen molar-refractivity contribution in [2.24, 2.45) is 0 Å². The van der Waals surface area contributed by atoms with Crippen LogP contribution >= 0.6 is 7.82 Å². The van der Waals surface area contributed by atoms with E-state index in [0.29, 0.717) is 0 Å². The van der Waals surface area contributed by atoms with Crippen LogP contribution in [0.5, 0.6) is 5.75 Å². The van der Waals surface area contributed by atoms with E-state index >= 15 is 0 Å². The minimum atomic E-state index is -3.78. The molecule has 0 aliphatic heterocycles. The molecule has 0 unspecified atom stereocenters. The van der Waals surface area contributed by atoms with Gasteiger partial charge < -0.3 is 9.42 Å². The van der Waals surface area contributed by atoms with E-state index in [4.69, 9.17) is 13.6 Å². The molecule has 0 heterocycles. The molecule has 0 N–H and O–H groups in total. The molecule has 2 aromatic rings. The molecule has 0 saturated heterocycles. The standard InChI is InChI=1S/C21H26NO5P/c1-5-25-28(24,26-6-2)27-21-10-8-7-9-19(21)20(23)16-13-17-11-14-18(15-12-17)22(3)4/h7-16H,5-6H2,1-4H3/b16-13+. The molecule has 0 aliphatic rings. The Hall–Kier alpha value is -2.40. The van der Waals surface area contributed by atoms with Crippen molar-refractivity contribution >= 4 is 25.4 Å². The lowest BCUT2D eigenvalue weighted by molar-refractivity contribution is 0.104. The summed E-state index contributed by atoms with van der Waals surface area (Å²) in [4.78, 5) is 14.7. The first-order chi connectivity index (χ1) is 13.4. The Balaban J connectivity index is 2.20. The van der Waals surface area contributed by atoms with Gasteiger partial charge in [-0.1, -0.05) is 30.3 Å². The fraction of sp³-hybridized carbons (Fsp3) is 0.286. The lowest BCUT2D eigenvalue weighted by Crippen LogP contribution is -2.07. The number of hydrogen-bond acceptors (Lipinski definition) is 6. The highest BCUT2D eigenvalue weighted by atomic mass is 31.2. The van der Waals surface area contributed by atoms with Crippen LogP contribution in [0.1, 0.15) is 29.8 Å². The molecule has 0 amide bonds. The van der Waals surface area contributed by atoms with Gasteiger partial charge in [-0.3, -0.25) is 13.8 Å². The monoisotopic (exact) mass is 403 g/mol. The molecule has 0 aliphatic carbocycles. The van der Waals surface area contributed by atoms with E-state index in [9.17, 15) is 9.36 Å². The number of phosphoric ester groups is 1. The Morgan fingerprint density at radius 2 is 1.61 bits per heavy atom. The Morgan fingerprint density at radius 3 is 2.18 bits per heavy atom.